The Labute approximate surface area is 279 Å². The molecule has 2 aliphatic rings. The first-order valence-corrected chi connectivity index (χ1v) is 16.3. The van der Waals surface area contributed by atoms with Crippen molar-refractivity contribution in [3.8, 4) is 0 Å². The minimum Gasteiger partial charge on any atom is -0.490 e. The molecule has 2 fully saturated rings. The maximum absolute atomic E-state index is 6.60. The van der Waals surface area contributed by atoms with Crippen LogP contribution >= 0.6 is 0 Å². The Morgan fingerprint density at radius 3 is 1.98 bits per heavy atom. The van der Waals surface area contributed by atoms with Crippen LogP contribution in [0.1, 0.15) is 43.4 Å². The Bertz CT molecular complexity index is 1370. The second kappa shape index (κ2) is 17.2. The van der Waals surface area contributed by atoms with E-state index in [0.717, 1.165) is 16.7 Å². The smallest absolute Gasteiger partial charge is 0.190 e. The molecular formula is C39H48O8. The van der Waals surface area contributed by atoms with Crippen molar-refractivity contribution < 1.29 is 37.9 Å². The fourth-order valence-corrected chi connectivity index (χ4v) is 5.95. The van der Waals surface area contributed by atoms with Gasteiger partial charge < -0.3 is 37.9 Å². The lowest BCUT2D eigenvalue weighted by Gasteiger charge is -2.33. The van der Waals surface area contributed by atoms with E-state index in [1.165, 1.54) is 0 Å². The first-order valence-electron chi connectivity index (χ1n) is 16.3. The molecule has 8 nitrogen and oxygen atoms in total. The SMILES string of the molecule is C=C[C@H](OCc1ccccc1)[C@@H](OCc1ccccc1)[C@@H](COCc1ccccc1)OC(=C)CC[C@H]1O[C@@H]2OC(C)(C)O[C@@H]2[C@H]1OC. The third-order valence-electron chi connectivity index (χ3n) is 8.27. The molecule has 3 aromatic carbocycles. The minimum atomic E-state index is -0.712. The van der Waals surface area contributed by atoms with Crippen molar-refractivity contribution in [2.75, 3.05) is 13.7 Å². The van der Waals surface area contributed by atoms with E-state index in [2.05, 4.69) is 13.2 Å². The first kappa shape index (κ1) is 35.0. The number of methoxy groups -OCH3 is 1. The van der Waals surface area contributed by atoms with Crippen LogP contribution in [0.4, 0.5) is 0 Å². The fourth-order valence-electron chi connectivity index (χ4n) is 5.95. The monoisotopic (exact) mass is 644 g/mol. The molecule has 2 aliphatic heterocycles. The summed E-state index contributed by atoms with van der Waals surface area (Å²) in [5.41, 5.74) is 3.15. The molecule has 0 radical (unpaired) electrons. The molecule has 3 aromatic rings. The average molecular weight is 645 g/mol. The molecular weight excluding hydrogens is 596 g/mol. The third kappa shape index (κ3) is 10.1. The molecule has 0 amide bonds. The minimum absolute atomic E-state index is 0.237. The quantitative estimate of drug-likeness (QED) is 0.101. The Morgan fingerprint density at radius 2 is 1.40 bits per heavy atom. The highest BCUT2D eigenvalue weighted by Crippen LogP contribution is 2.40. The lowest BCUT2D eigenvalue weighted by Crippen LogP contribution is -2.44. The Hall–Kier alpha value is -3.34. The van der Waals surface area contributed by atoms with Crippen LogP contribution in [0.2, 0.25) is 0 Å². The van der Waals surface area contributed by atoms with Crippen LogP contribution < -0.4 is 0 Å². The summed E-state index contributed by atoms with van der Waals surface area (Å²) in [5.74, 6) is -0.134. The molecule has 47 heavy (non-hydrogen) atoms. The van der Waals surface area contributed by atoms with Crippen LogP contribution in [0, 0.1) is 0 Å². The van der Waals surface area contributed by atoms with E-state index in [1.807, 2.05) is 105 Å². The lowest BCUT2D eigenvalue weighted by molar-refractivity contribution is -0.217. The number of hydrogen-bond acceptors (Lipinski definition) is 8. The zero-order valence-electron chi connectivity index (χ0n) is 27.7. The van der Waals surface area contributed by atoms with E-state index in [1.54, 1.807) is 13.2 Å². The summed E-state index contributed by atoms with van der Waals surface area (Å²) in [4.78, 5) is 0. The summed E-state index contributed by atoms with van der Waals surface area (Å²) in [6.45, 7) is 13.6. The van der Waals surface area contributed by atoms with Gasteiger partial charge in [0.15, 0.2) is 18.2 Å². The Morgan fingerprint density at radius 1 is 0.830 bits per heavy atom. The average Bonchev–Trinajstić information content (AvgIpc) is 3.56. The van der Waals surface area contributed by atoms with Crippen molar-refractivity contribution in [2.24, 2.45) is 0 Å². The normalized spacial score (nSPS) is 23.5. The van der Waals surface area contributed by atoms with Gasteiger partial charge in [0.05, 0.1) is 38.3 Å². The van der Waals surface area contributed by atoms with E-state index in [4.69, 9.17) is 37.9 Å². The van der Waals surface area contributed by atoms with Crippen LogP contribution in [0.25, 0.3) is 0 Å². The van der Waals surface area contributed by atoms with E-state index < -0.39 is 30.4 Å². The summed E-state index contributed by atoms with van der Waals surface area (Å²) >= 11 is 0. The highest BCUT2D eigenvalue weighted by molar-refractivity contribution is 5.15. The number of ether oxygens (including phenoxy) is 8. The van der Waals surface area contributed by atoms with Crippen LogP contribution in [0.5, 0.6) is 0 Å². The second-order valence-corrected chi connectivity index (χ2v) is 12.3. The van der Waals surface area contributed by atoms with Crippen molar-refractivity contribution in [3.63, 3.8) is 0 Å². The van der Waals surface area contributed by atoms with Crippen molar-refractivity contribution in [1.82, 2.24) is 0 Å². The van der Waals surface area contributed by atoms with Gasteiger partial charge in [-0.25, -0.2) is 0 Å². The zero-order valence-corrected chi connectivity index (χ0v) is 27.7. The van der Waals surface area contributed by atoms with Gasteiger partial charge in [-0.3, -0.25) is 0 Å². The number of rotatable bonds is 19. The number of fused-ring (bicyclic) bond motifs is 1. The highest BCUT2D eigenvalue weighted by atomic mass is 16.8. The van der Waals surface area contributed by atoms with Crippen LogP contribution in [0.3, 0.4) is 0 Å². The van der Waals surface area contributed by atoms with Gasteiger partial charge in [0.2, 0.25) is 0 Å². The van der Waals surface area contributed by atoms with E-state index in [9.17, 15) is 0 Å². The topological polar surface area (TPSA) is 73.8 Å². The summed E-state index contributed by atoms with van der Waals surface area (Å²) in [5, 5.41) is 0. The molecule has 0 aliphatic carbocycles. The Kier molecular flexibility index (Phi) is 12.8. The van der Waals surface area contributed by atoms with Crippen molar-refractivity contribution in [1.29, 1.82) is 0 Å². The van der Waals surface area contributed by atoms with Crippen LogP contribution in [-0.4, -0.2) is 62.4 Å². The van der Waals surface area contributed by atoms with E-state index in [0.29, 0.717) is 38.4 Å². The van der Waals surface area contributed by atoms with Gasteiger partial charge in [-0.15, -0.1) is 6.58 Å². The molecule has 5 rings (SSSR count). The molecule has 0 aromatic heterocycles. The maximum atomic E-state index is 6.60. The summed E-state index contributed by atoms with van der Waals surface area (Å²) in [6.07, 6.45) is 0.0357. The number of benzene rings is 3. The first-order chi connectivity index (χ1) is 22.8. The van der Waals surface area contributed by atoms with Crippen LogP contribution in [-0.2, 0) is 57.7 Å². The van der Waals surface area contributed by atoms with Gasteiger partial charge in [0.1, 0.15) is 24.4 Å². The third-order valence-corrected chi connectivity index (χ3v) is 8.27. The zero-order chi connectivity index (χ0) is 33.1. The molecule has 0 spiro atoms. The molecule has 8 heteroatoms. The van der Waals surface area contributed by atoms with Crippen LogP contribution in [0.15, 0.2) is 116 Å². The predicted octanol–water partition coefficient (Wildman–Crippen LogP) is 7.13. The Balaban J connectivity index is 1.29. The van der Waals surface area contributed by atoms with Crippen molar-refractivity contribution in [2.45, 2.75) is 95.2 Å². The highest BCUT2D eigenvalue weighted by Gasteiger charge is 2.54. The predicted molar refractivity (Wildman–Crippen MR) is 179 cm³/mol. The van der Waals surface area contributed by atoms with Gasteiger partial charge in [-0.05, 0) is 37.0 Å². The summed E-state index contributed by atoms with van der Waals surface area (Å²) in [6, 6.07) is 30.1. The molecule has 0 unspecified atom stereocenters. The van der Waals surface area contributed by atoms with E-state index >= 15 is 0 Å². The molecule has 7 atom stereocenters. The van der Waals surface area contributed by atoms with Gasteiger partial charge in [0, 0.05) is 13.5 Å². The van der Waals surface area contributed by atoms with Gasteiger partial charge in [-0.1, -0.05) is 104 Å². The maximum Gasteiger partial charge on any atom is 0.190 e. The number of allylic oxidation sites excluding steroid dienone is 1. The lowest BCUT2D eigenvalue weighted by atomic mass is 10.0. The van der Waals surface area contributed by atoms with Crippen molar-refractivity contribution in [3.05, 3.63) is 133 Å². The molecule has 2 heterocycles. The summed E-state index contributed by atoms with van der Waals surface area (Å²) < 4.78 is 49.9. The van der Waals surface area contributed by atoms with Gasteiger partial charge >= 0.3 is 0 Å². The summed E-state index contributed by atoms with van der Waals surface area (Å²) in [7, 11) is 1.67. The van der Waals surface area contributed by atoms with Gasteiger partial charge in [0.25, 0.3) is 0 Å². The van der Waals surface area contributed by atoms with E-state index in [-0.39, 0.29) is 24.9 Å². The molecule has 2 saturated heterocycles. The second-order valence-electron chi connectivity index (χ2n) is 12.3. The molecule has 0 N–H and O–H groups in total. The largest absolute Gasteiger partial charge is 0.490 e. The van der Waals surface area contributed by atoms with Crippen molar-refractivity contribution >= 4 is 0 Å². The number of hydrogen-bond donors (Lipinski definition) is 0. The molecule has 0 bridgehead atoms. The fraction of sp³-hybridized carbons (Fsp3) is 0.436. The molecule has 0 saturated carbocycles. The molecule has 252 valence electrons. The van der Waals surface area contributed by atoms with Gasteiger partial charge in [-0.2, -0.15) is 0 Å². The standard InChI is InChI=1S/C39H48O8/c1-6-32(42-25-30-18-12-8-13-19-30)35(43-26-31-20-14-9-15-21-31)34(27-41-24-29-16-10-7-11-17-29)44-28(2)22-23-33-36(40-5)37-38(45-33)47-39(3,4)46-37/h6-21,32-38H,1-2,22-27H2,3-5H3/t32-,33+,34+,35+,36-,37+,38+/m0/s1.